The Bertz CT molecular complexity index is 565. The van der Waals surface area contributed by atoms with Crippen molar-refractivity contribution in [2.45, 2.75) is 13.1 Å². The minimum absolute atomic E-state index is 0.0653. The average Bonchev–Trinajstić information content (AvgIpc) is 2.31. The standard InChI is InChI=1S/C12H8ClF3N2/c1-7-6-17-11(13)18-10(7)8-2-4-9(5-3-8)12(14,15)16/h2-6H,1H3. The van der Waals surface area contributed by atoms with E-state index >= 15 is 0 Å². The normalized spacial score (nSPS) is 11.6. The van der Waals surface area contributed by atoms with Crippen molar-refractivity contribution in [1.29, 1.82) is 0 Å². The Morgan fingerprint density at radius 1 is 1.11 bits per heavy atom. The van der Waals surface area contributed by atoms with Crippen LogP contribution in [-0.4, -0.2) is 9.97 Å². The Kier molecular flexibility index (Phi) is 3.26. The minimum Gasteiger partial charge on any atom is -0.226 e. The number of aryl methyl sites for hydroxylation is 1. The molecule has 0 aliphatic heterocycles. The summed E-state index contributed by atoms with van der Waals surface area (Å²) < 4.78 is 37.3. The Hall–Kier alpha value is -1.62. The van der Waals surface area contributed by atoms with Crippen LogP contribution in [-0.2, 0) is 6.18 Å². The van der Waals surface area contributed by atoms with Crippen LogP contribution >= 0.6 is 11.6 Å². The molecule has 0 unspecified atom stereocenters. The first-order valence-electron chi connectivity index (χ1n) is 5.04. The van der Waals surface area contributed by atoms with Crippen molar-refractivity contribution in [2.75, 3.05) is 0 Å². The van der Waals surface area contributed by atoms with E-state index in [1.54, 1.807) is 6.92 Å². The molecule has 0 radical (unpaired) electrons. The molecule has 0 bridgehead atoms. The molecule has 0 aliphatic carbocycles. The number of rotatable bonds is 1. The van der Waals surface area contributed by atoms with Crippen LogP contribution in [0.5, 0.6) is 0 Å². The number of nitrogens with zero attached hydrogens (tertiary/aromatic N) is 2. The van der Waals surface area contributed by atoms with Gasteiger partial charge in [-0.1, -0.05) is 12.1 Å². The zero-order chi connectivity index (χ0) is 13.3. The van der Waals surface area contributed by atoms with Crippen molar-refractivity contribution in [2.24, 2.45) is 0 Å². The summed E-state index contributed by atoms with van der Waals surface area (Å²) in [6.45, 7) is 1.77. The van der Waals surface area contributed by atoms with Crippen molar-refractivity contribution in [1.82, 2.24) is 9.97 Å². The zero-order valence-corrected chi connectivity index (χ0v) is 10.0. The number of hydrogen-bond acceptors (Lipinski definition) is 2. The number of alkyl halides is 3. The van der Waals surface area contributed by atoms with Crippen molar-refractivity contribution < 1.29 is 13.2 Å². The molecule has 0 N–H and O–H groups in total. The maximum atomic E-state index is 12.4. The Morgan fingerprint density at radius 2 is 1.72 bits per heavy atom. The van der Waals surface area contributed by atoms with Gasteiger partial charge < -0.3 is 0 Å². The molecule has 0 spiro atoms. The molecule has 0 atom stereocenters. The van der Waals surface area contributed by atoms with Crippen LogP contribution in [0.2, 0.25) is 5.28 Å². The van der Waals surface area contributed by atoms with Crippen molar-refractivity contribution in [3.05, 3.63) is 46.9 Å². The van der Waals surface area contributed by atoms with E-state index in [1.807, 2.05) is 0 Å². The van der Waals surface area contributed by atoms with Crippen LogP contribution in [0, 0.1) is 6.92 Å². The highest BCUT2D eigenvalue weighted by Crippen LogP contribution is 2.31. The lowest BCUT2D eigenvalue weighted by Crippen LogP contribution is -2.04. The van der Waals surface area contributed by atoms with Gasteiger partial charge in [0.15, 0.2) is 0 Å². The van der Waals surface area contributed by atoms with E-state index < -0.39 is 11.7 Å². The minimum atomic E-state index is -4.34. The van der Waals surface area contributed by atoms with Gasteiger partial charge in [0, 0.05) is 11.8 Å². The lowest BCUT2D eigenvalue weighted by molar-refractivity contribution is -0.137. The largest absolute Gasteiger partial charge is 0.416 e. The Labute approximate surface area is 106 Å². The van der Waals surface area contributed by atoms with E-state index in [0.29, 0.717) is 11.3 Å². The molecule has 94 valence electrons. The summed E-state index contributed by atoms with van der Waals surface area (Å²) in [5.74, 6) is 0. The summed E-state index contributed by atoms with van der Waals surface area (Å²) in [6, 6.07) is 4.78. The van der Waals surface area contributed by atoms with E-state index in [-0.39, 0.29) is 5.28 Å². The highest BCUT2D eigenvalue weighted by Gasteiger charge is 2.30. The van der Waals surface area contributed by atoms with E-state index in [0.717, 1.165) is 17.7 Å². The topological polar surface area (TPSA) is 25.8 Å². The monoisotopic (exact) mass is 272 g/mol. The number of aromatic nitrogens is 2. The third-order valence-corrected chi connectivity index (χ3v) is 2.61. The molecule has 0 saturated carbocycles. The van der Waals surface area contributed by atoms with Crippen LogP contribution in [0.25, 0.3) is 11.3 Å². The second-order valence-corrected chi connectivity index (χ2v) is 4.08. The zero-order valence-electron chi connectivity index (χ0n) is 9.29. The SMILES string of the molecule is Cc1cnc(Cl)nc1-c1ccc(C(F)(F)F)cc1. The second kappa shape index (κ2) is 4.57. The van der Waals surface area contributed by atoms with E-state index in [4.69, 9.17) is 11.6 Å². The summed E-state index contributed by atoms with van der Waals surface area (Å²) in [4.78, 5) is 7.80. The van der Waals surface area contributed by atoms with Gasteiger partial charge in [-0.05, 0) is 36.2 Å². The fourth-order valence-electron chi connectivity index (χ4n) is 1.53. The first-order valence-corrected chi connectivity index (χ1v) is 5.42. The van der Waals surface area contributed by atoms with E-state index in [1.165, 1.54) is 18.3 Å². The molecule has 0 saturated heterocycles. The maximum Gasteiger partial charge on any atom is 0.416 e. The summed E-state index contributed by atoms with van der Waals surface area (Å²) in [6.07, 6.45) is -2.81. The van der Waals surface area contributed by atoms with Crippen LogP contribution < -0.4 is 0 Å². The van der Waals surface area contributed by atoms with Crippen LogP contribution in [0.3, 0.4) is 0 Å². The summed E-state index contributed by atoms with van der Waals surface area (Å²) in [5, 5.41) is 0.0653. The van der Waals surface area contributed by atoms with Gasteiger partial charge in [0.1, 0.15) is 0 Å². The predicted octanol–water partition coefficient (Wildman–Crippen LogP) is 4.12. The van der Waals surface area contributed by atoms with E-state index in [9.17, 15) is 13.2 Å². The van der Waals surface area contributed by atoms with Gasteiger partial charge >= 0.3 is 6.18 Å². The molecule has 1 aromatic carbocycles. The quantitative estimate of drug-likeness (QED) is 0.730. The van der Waals surface area contributed by atoms with Gasteiger partial charge in [0.2, 0.25) is 5.28 Å². The molecule has 18 heavy (non-hydrogen) atoms. The smallest absolute Gasteiger partial charge is 0.226 e. The van der Waals surface area contributed by atoms with Gasteiger partial charge in [-0.3, -0.25) is 0 Å². The molecule has 2 aromatic rings. The number of benzene rings is 1. The van der Waals surface area contributed by atoms with Gasteiger partial charge in [0.25, 0.3) is 0 Å². The maximum absolute atomic E-state index is 12.4. The molecular formula is C12H8ClF3N2. The number of hydrogen-bond donors (Lipinski definition) is 0. The highest BCUT2D eigenvalue weighted by atomic mass is 35.5. The molecule has 0 aliphatic rings. The van der Waals surface area contributed by atoms with Crippen molar-refractivity contribution >= 4 is 11.6 Å². The molecule has 0 amide bonds. The average molecular weight is 273 g/mol. The van der Waals surface area contributed by atoms with Gasteiger partial charge in [0.05, 0.1) is 11.3 Å². The lowest BCUT2D eigenvalue weighted by atomic mass is 10.1. The van der Waals surface area contributed by atoms with Crippen molar-refractivity contribution in [3.63, 3.8) is 0 Å². The second-order valence-electron chi connectivity index (χ2n) is 3.75. The number of halogens is 4. The van der Waals surface area contributed by atoms with Gasteiger partial charge in [-0.2, -0.15) is 13.2 Å². The van der Waals surface area contributed by atoms with Gasteiger partial charge in [-0.15, -0.1) is 0 Å². The fourth-order valence-corrected chi connectivity index (χ4v) is 1.66. The first-order chi connectivity index (χ1) is 8.38. The highest BCUT2D eigenvalue weighted by molar-refractivity contribution is 6.28. The van der Waals surface area contributed by atoms with Crippen LogP contribution in [0.4, 0.5) is 13.2 Å². The predicted molar refractivity (Wildman–Crippen MR) is 62.2 cm³/mol. The van der Waals surface area contributed by atoms with Gasteiger partial charge in [-0.25, -0.2) is 9.97 Å². The molecule has 2 rings (SSSR count). The van der Waals surface area contributed by atoms with Crippen molar-refractivity contribution in [3.8, 4) is 11.3 Å². The van der Waals surface area contributed by atoms with Crippen LogP contribution in [0.15, 0.2) is 30.5 Å². The molecule has 2 nitrogen and oxygen atoms in total. The summed E-state index contributed by atoms with van der Waals surface area (Å²) >= 11 is 5.67. The molecule has 1 heterocycles. The molecular weight excluding hydrogens is 265 g/mol. The third-order valence-electron chi connectivity index (χ3n) is 2.43. The summed E-state index contributed by atoms with van der Waals surface area (Å²) in [5.41, 5.74) is 1.16. The molecule has 6 heteroatoms. The first kappa shape index (κ1) is 12.8. The summed E-state index contributed by atoms with van der Waals surface area (Å²) in [7, 11) is 0. The lowest BCUT2D eigenvalue weighted by Gasteiger charge is -2.08. The fraction of sp³-hybridized carbons (Fsp3) is 0.167. The molecule has 1 aromatic heterocycles. The van der Waals surface area contributed by atoms with E-state index in [2.05, 4.69) is 9.97 Å². The van der Waals surface area contributed by atoms with Crippen LogP contribution in [0.1, 0.15) is 11.1 Å². The Balaban J connectivity index is 2.43. The Morgan fingerprint density at radius 3 is 2.28 bits per heavy atom. The third kappa shape index (κ3) is 2.61. The molecule has 0 fully saturated rings.